The fourth-order valence-electron chi connectivity index (χ4n) is 3.79. The monoisotopic (exact) mass is 331 g/mol. The average molecular weight is 331 g/mol. The Balaban J connectivity index is 1.88. The van der Waals surface area contributed by atoms with E-state index in [0.717, 1.165) is 40.9 Å². The lowest BCUT2D eigenvalue weighted by atomic mass is 9.75. The lowest BCUT2D eigenvalue weighted by Gasteiger charge is -2.28. The Labute approximate surface area is 147 Å². The summed E-state index contributed by atoms with van der Waals surface area (Å²) in [5.74, 6) is 0.238. The van der Waals surface area contributed by atoms with E-state index in [4.69, 9.17) is 0 Å². The first-order chi connectivity index (χ1) is 12.0. The molecule has 2 aromatic heterocycles. The first kappa shape index (κ1) is 15.8. The van der Waals surface area contributed by atoms with E-state index < -0.39 is 0 Å². The third-order valence-corrected chi connectivity index (χ3v) is 4.85. The molecular weight excluding hydrogens is 310 g/mol. The van der Waals surface area contributed by atoms with E-state index in [1.165, 1.54) is 5.56 Å². The number of fused-ring (bicyclic) bond motifs is 1. The number of carbonyl (C=O) groups is 1. The Morgan fingerprint density at radius 1 is 1.08 bits per heavy atom. The summed E-state index contributed by atoms with van der Waals surface area (Å²) in [6.45, 7) is 4.30. The van der Waals surface area contributed by atoms with E-state index in [1.54, 1.807) is 12.4 Å². The zero-order valence-corrected chi connectivity index (χ0v) is 14.5. The van der Waals surface area contributed by atoms with Crippen LogP contribution in [0.2, 0.25) is 0 Å². The molecule has 0 saturated heterocycles. The third-order valence-electron chi connectivity index (χ3n) is 4.85. The molecule has 4 nitrogen and oxygen atoms in total. The number of H-pyrrole nitrogens is 1. The summed E-state index contributed by atoms with van der Waals surface area (Å²) in [4.78, 5) is 16.4. The SMILES string of the molecule is CC1(C)CC(=O)c2c([nH]c(-c3ccnnc3)c2Cc2ccccc2)C1. The number of nitrogens with zero attached hydrogens (tertiary/aromatic N) is 2. The molecule has 0 bridgehead atoms. The van der Waals surface area contributed by atoms with Crippen LogP contribution < -0.4 is 0 Å². The predicted octanol–water partition coefficient (Wildman–Crippen LogP) is 4.22. The molecule has 3 aromatic rings. The fourth-order valence-corrected chi connectivity index (χ4v) is 3.79. The van der Waals surface area contributed by atoms with Gasteiger partial charge in [0.1, 0.15) is 0 Å². The van der Waals surface area contributed by atoms with E-state index in [2.05, 4.69) is 41.2 Å². The summed E-state index contributed by atoms with van der Waals surface area (Å²) in [7, 11) is 0. The first-order valence-corrected chi connectivity index (χ1v) is 8.61. The Bertz CT molecular complexity index is 911. The number of hydrogen-bond acceptors (Lipinski definition) is 3. The Morgan fingerprint density at radius 3 is 2.60 bits per heavy atom. The van der Waals surface area contributed by atoms with Crippen molar-refractivity contribution in [3.8, 4) is 11.3 Å². The summed E-state index contributed by atoms with van der Waals surface area (Å²) in [5.41, 5.74) is 6.18. The minimum absolute atomic E-state index is 0.00723. The van der Waals surface area contributed by atoms with Gasteiger partial charge in [-0.15, -0.1) is 0 Å². The molecule has 25 heavy (non-hydrogen) atoms. The highest BCUT2D eigenvalue weighted by molar-refractivity contribution is 6.02. The molecule has 4 rings (SSSR count). The van der Waals surface area contributed by atoms with Gasteiger partial charge in [-0.25, -0.2) is 0 Å². The van der Waals surface area contributed by atoms with Gasteiger partial charge in [-0.2, -0.15) is 10.2 Å². The van der Waals surface area contributed by atoms with E-state index in [0.29, 0.717) is 6.42 Å². The highest BCUT2D eigenvalue weighted by atomic mass is 16.1. The number of aromatic nitrogens is 3. The summed E-state index contributed by atoms with van der Waals surface area (Å²) in [6.07, 6.45) is 5.65. The summed E-state index contributed by atoms with van der Waals surface area (Å²) >= 11 is 0. The van der Waals surface area contributed by atoms with Crippen molar-refractivity contribution in [3.05, 3.63) is 71.2 Å². The Hall–Kier alpha value is -2.75. The highest BCUT2D eigenvalue weighted by Gasteiger charge is 2.35. The van der Waals surface area contributed by atoms with Crippen molar-refractivity contribution in [2.45, 2.75) is 33.1 Å². The van der Waals surface area contributed by atoms with Gasteiger partial charge in [0, 0.05) is 29.7 Å². The van der Waals surface area contributed by atoms with Gasteiger partial charge < -0.3 is 4.98 Å². The highest BCUT2D eigenvalue weighted by Crippen LogP contribution is 2.40. The minimum atomic E-state index is -0.00723. The smallest absolute Gasteiger partial charge is 0.165 e. The van der Waals surface area contributed by atoms with Crippen molar-refractivity contribution < 1.29 is 4.79 Å². The number of ketones is 1. The zero-order chi connectivity index (χ0) is 17.4. The largest absolute Gasteiger partial charge is 0.357 e. The minimum Gasteiger partial charge on any atom is -0.357 e. The molecule has 0 amide bonds. The normalized spacial score (nSPS) is 15.8. The van der Waals surface area contributed by atoms with Crippen molar-refractivity contribution in [3.63, 3.8) is 0 Å². The van der Waals surface area contributed by atoms with Crippen molar-refractivity contribution >= 4 is 5.78 Å². The molecular formula is C21H21N3O. The molecule has 1 N–H and O–H groups in total. The van der Waals surface area contributed by atoms with Gasteiger partial charge in [0.05, 0.1) is 18.1 Å². The second-order valence-electron chi connectivity index (χ2n) is 7.57. The van der Waals surface area contributed by atoms with Crippen LogP contribution in [0.1, 0.15) is 47.4 Å². The number of aromatic amines is 1. The molecule has 0 aliphatic heterocycles. The summed E-state index contributed by atoms with van der Waals surface area (Å²) < 4.78 is 0. The van der Waals surface area contributed by atoms with Gasteiger partial charge in [-0.05, 0) is 29.0 Å². The topological polar surface area (TPSA) is 58.6 Å². The Morgan fingerprint density at radius 2 is 1.88 bits per heavy atom. The van der Waals surface area contributed by atoms with Gasteiger partial charge >= 0.3 is 0 Å². The maximum atomic E-state index is 12.9. The van der Waals surface area contributed by atoms with E-state index in [9.17, 15) is 4.79 Å². The number of rotatable bonds is 3. The predicted molar refractivity (Wildman–Crippen MR) is 97.5 cm³/mol. The molecule has 0 spiro atoms. The number of benzene rings is 1. The standard InChI is InChI=1S/C21H21N3O/c1-21(2)11-17-19(18(25)12-21)16(10-14-6-4-3-5-7-14)20(24-17)15-8-9-22-23-13-15/h3-9,13,24H,10-12H2,1-2H3. The fraction of sp³-hybridized carbons (Fsp3) is 0.286. The molecule has 0 unspecified atom stereocenters. The van der Waals surface area contributed by atoms with Crippen LogP contribution in [0.25, 0.3) is 11.3 Å². The number of nitrogens with one attached hydrogen (secondary N) is 1. The molecule has 4 heteroatoms. The van der Waals surface area contributed by atoms with Crippen molar-refractivity contribution in [2.75, 3.05) is 0 Å². The van der Waals surface area contributed by atoms with Gasteiger partial charge in [0.25, 0.3) is 0 Å². The lowest BCUT2D eigenvalue weighted by Crippen LogP contribution is -2.27. The van der Waals surface area contributed by atoms with Crippen molar-refractivity contribution in [2.24, 2.45) is 5.41 Å². The van der Waals surface area contributed by atoms with Crippen molar-refractivity contribution in [1.29, 1.82) is 0 Å². The molecule has 1 aliphatic rings. The van der Waals surface area contributed by atoms with Crippen LogP contribution in [0, 0.1) is 5.41 Å². The molecule has 1 aromatic carbocycles. The van der Waals surface area contributed by atoms with Crippen LogP contribution in [0.4, 0.5) is 0 Å². The number of hydrogen-bond donors (Lipinski definition) is 1. The Kier molecular flexibility index (Phi) is 3.75. The van der Waals surface area contributed by atoms with E-state index >= 15 is 0 Å². The lowest BCUT2D eigenvalue weighted by molar-refractivity contribution is 0.0911. The van der Waals surface area contributed by atoms with Gasteiger partial charge in [0.15, 0.2) is 5.78 Å². The van der Waals surface area contributed by atoms with Crippen LogP contribution in [-0.2, 0) is 12.8 Å². The summed E-state index contributed by atoms with van der Waals surface area (Å²) in [5, 5.41) is 7.88. The molecule has 0 fully saturated rings. The van der Waals surface area contributed by atoms with Crippen LogP contribution in [0.5, 0.6) is 0 Å². The van der Waals surface area contributed by atoms with Gasteiger partial charge in [0.2, 0.25) is 0 Å². The van der Waals surface area contributed by atoms with Gasteiger partial charge in [-0.1, -0.05) is 44.2 Å². The average Bonchev–Trinajstić information content (AvgIpc) is 2.93. The van der Waals surface area contributed by atoms with Crippen molar-refractivity contribution in [1.82, 2.24) is 15.2 Å². The molecule has 126 valence electrons. The molecule has 0 radical (unpaired) electrons. The summed E-state index contributed by atoms with van der Waals surface area (Å²) in [6, 6.07) is 12.2. The van der Waals surface area contributed by atoms with Crippen LogP contribution in [0.3, 0.4) is 0 Å². The van der Waals surface area contributed by atoms with Crippen LogP contribution >= 0.6 is 0 Å². The van der Waals surface area contributed by atoms with Crippen LogP contribution in [-0.4, -0.2) is 21.0 Å². The first-order valence-electron chi connectivity index (χ1n) is 8.61. The molecule has 0 atom stereocenters. The second-order valence-corrected chi connectivity index (χ2v) is 7.57. The maximum Gasteiger partial charge on any atom is 0.165 e. The number of Topliss-reactive ketones (excluding diaryl/α,β-unsaturated/α-hetero) is 1. The van der Waals surface area contributed by atoms with E-state index in [1.807, 2.05) is 24.3 Å². The third kappa shape index (κ3) is 3.00. The second kappa shape index (κ2) is 5.96. The quantitative estimate of drug-likeness (QED) is 0.782. The maximum absolute atomic E-state index is 12.9. The molecule has 1 aliphatic carbocycles. The van der Waals surface area contributed by atoms with Gasteiger partial charge in [-0.3, -0.25) is 4.79 Å². The number of carbonyl (C=O) groups excluding carboxylic acids is 1. The molecule has 0 saturated carbocycles. The van der Waals surface area contributed by atoms with E-state index in [-0.39, 0.29) is 11.2 Å². The molecule has 2 heterocycles. The zero-order valence-electron chi connectivity index (χ0n) is 14.5. The van der Waals surface area contributed by atoms with Crippen LogP contribution in [0.15, 0.2) is 48.8 Å².